The minimum atomic E-state index is -3.97. The van der Waals surface area contributed by atoms with Crippen molar-refractivity contribution in [2.45, 2.75) is 69.0 Å². The van der Waals surface area contributed by atoms with Crippen molar-refractivity contribution in [3.63, 3.8) is 0 Å². The van der Waals surface area contributed by atoms with Gasteiger partial charge in [-0.25, -0.2) is 8.42 Å². The molecular weight excluding hydrogens is 592 g/mol. The lowest BCUT2D eigenvalue weighted by Gasteiger charge is -2.58. The molecule has 6 heterocycles. The molecule has 4 atom stereocenters. The molecule has 2 aromatic carbocycles. The number of hydrogen-bond acceptors (Lipinski definition) is 6. The molecule has 0 spiro atoms. The maximum absolute atomic E-state index is 14.0. The van der Waals surface area contributed by atoms with Gasteiger partial charge in [-0.15, -0.1) is 0 Å². The van der Waals surface area contributed by atoms with Gasteiger partial charge in [-0.3, -0.25) is 9.10 Å². The smallest absolute Gasteiger partial charge is 0.265 e. The number of rotatable bonds is 8. The number of fused-ring (bicyclic) bond motifs is 4. The molecule has 240 valence electrons. The van der Waals surface area contributed by atoms with E-state index in [4.69, 9.17) is 0 Å². The molecule has 45 heavy (non-hydrogen) atoms. The molecule has 0 unspecified atom stereocenters. The Bertz CT molecular complexity index is 1740. The largest absolute Gasteiger partial charge is 0.543 e. The number of aliphatic hydroxyl groups excluding tert-OH is 1. The summed E-state index contributed by atoms with van der Waals surface area (Å²) < 4.78 is 31.8. The average molecular weight is 636 g/mol. The van der Waals surface area contributed by atoms with Gasteiger partial charge in [0.25, 0.3) is 10.0 Å². The normalized spacial score (nSPS) is 34.1. The number of carboxylic acids is 1. The molecule has 6 aliphatic heterocycles. The van der Waals surface area contributed by atoms with Gasteiger partial charge in [-0.2, -0.15) is 0 Å². The highest BCUT2D eigenvalue weighted by Crippen LogP contribution is 2.50. The van der Waals surface area contributed by atoms with Crippen molar-refractivity contribution in [3.05, 3.63) is 47.2 Å². The Morgan fingerprint density at radius 3 is 2.40 bits per heavy atom. The summed E-state index contributed by atoms with van der Waals surface area (Å²) in [5, 5.41) is 24.1. The fraction of sp³-hybridized carbons (Fsp3) is 0.588. The van der Waals surface area contributed by atoms with Gasteiger partial charge in [-0.1, -0.05) is 25.1 Å². The maximum Gasteiger partial charge on any atom is 0.265 e. The van der Waals surface area contributed by atoms with Crippen LogP contribution in [-0.4, -0.2) is 110 Å². The van der Waals surface area contributed by atoms with Crippen molar-refractivity contribution < 1.29 is 37.2 Å². The Morgan fingerprint density at radius 2 is 1.76 bits per heavy atom. The van der Waals surface area contributed by atoms with Gasteiger partial charge >= 0.3 is 0 Å². The Balaban J connectivity index is 1.07. The second-order valence-electron chi connectivity index (χ2n) is 14.7. The number of aliphatic hydroxyl groups is 1. The van der Waals surface area contributed by atoms with E-state index in [-0.39, 0.29) is 17.1 Å². The van der Waals surface area contributed by atoms with Crippen LogP contribution in [0.1, 0.15) is 45.1 Å². The molecule has 11 heteroatoms. The van der Waals surface area contributed by atoms with Gasteiger partial charge in [0.05, 0.1) is 59.4 Å². The molecule has 2 bridgehead atoms. The predicted octanol–water partition coefficient (Wildman–Crippen LogP) is 1.36. The molecule has 4 saturated heterocycles. The van der Waals surface area contributed by atoms with E-state index in [1.165, 1.54) is 85.6 Å². The first kappa shape index (κ1) is 29.4. The van der Waals surface area contributed by atoms with Gasteiger partial charge in [-0.05, 0) is 61.3 Å². The van der Waals surface area contributed by atoms with E-state index in [0.29, 0.717) is 16.6 Å². The zero-order valence-corrected chi connectivity index (χ0v) is 27.0. The summed E-state index contributed by atoms with van der Waals surface area (Å²) in [4.78, 5) is 26.6. The lowest BCUT2D eigenvalue weighted by atomic mass is 9.78. The topological polar surface area (TPSA) is 118 Å². The second kappa shape index (κ2) is 10.0. The van der Waals surface area contributed by atoms with Crippen LogP contribution < -0.4 is 9.41 Å². The minimum absolute atomic E-state index is 0.191. The number of β-lactam (4-membered cyclic amide) rings is 1. The average Bonchev–Trinajstić information content (AvgIpc) is 3.70. The second-order valence-corrected chi connectivity index (χ2v) is 16.5. The minimum Gasteiger partial charge on any atom is -0.543 e. The number of carbonyl (C=O) groups is 2. The number of quaternary nitrogens is 2. The van der Waals surface area contributed by atoms with Crippen LogP contribution in [0.4, 0.5) is 5.69 Å². The van der Waals surface area contributed by atoms with Crippen LogP contribution in [0.15, 0.2) is 46.5 Å². The summed E-state index contributed by atoms with van der Waals surface area (Å²) in [6, 6.07) is 9.70. The number of benzene rings is 2. The third-order valence-corrected chi connectivity index (χ3v) is 14.5. The molecule has 7 aliphatic rings. The molecule has 9 rings (SSSR count). The summed E-state index contributed by atoms with van der Waals surface area (Å²) in [7, 11) is -3.97. The van der Waals surface area contributed by atoms with Crippen LogP contribution in [0.3, 0.4) is 0 Å². The zero-order chi connectivity index (χ0) is 31.5. The number of hydrogen-bond donors (Lipinski definition) is 1. The predicted molar refractivity (Wildman–Crippen MR) is 166 cm³/mol. The molecule has 0 aromatic heterocycles. The van der Waals surface area contributed by atoms with Crippen LogP contribution in [0, 0.1) is 11.8 Å². The molecule has 1 N–H and O–H groups in total. The van der Waals surface area contributed by atoms with Crippen LogP contribution >= 0.6 is 0 Å². The summed E-state index contributed by atoms with van der Waals surface area (Å²) in [6.45, 7) is 11.7. The van der Waals surface area contributed by atoms with Crippen molar-refractivity contribution in [1.82, 2.24) is 4.90 Å². The summed E-state index contributed by atoms with van der Waals surface area (Å²) in [6.07, 6.45) is 5.50. The quantitative estimate of drug-likeness (QED) is 0.346. The number of piperazine rings is 3. The standard InChI is InChI=1S/C34H43N4O6S/c1-21-26(32(34(41)42)36-31(21)29(22(2)39)33(36)40)20-35-27-9-5-8-25-23(10-11-28(30(25)27)45(35,43)44)12-13-37-14-17-38(18-15-37,19-16-37)24-6-3-4-7-24/h5,8-11,21-22,24,29,31,39H,3-4,6-7,12-20H2,1-2H3/q+1/t21-,22+,29+,31+,37?,38?/m0/s1. The van der Waals surface area contributed by atoms with Gasteiger partial charge < -0.3 is 28.9 Å². The van der Waals surface area contributed by atoms with Crippen molar-refractivity contribution in [2.75, 3.05) is 56.7 Å². The third kappa shape index (κ3) is 4.06. The lowest BCUT2D eigenvalue weighted by Crippen LogP contribution is -2.77. The molecule has 5 fully saturated rings. The lowest BCUT2D eigenvalue weighted by molar-refractivity contribution is -1.09. The number of anilines is 1. The Morgan fingerprint density at radius 1 is 1.07 bits per heavy atom. The van der Waals surface area contributed by atoms with E-state index in [0.717, 1.165) is 34.4 Å². The van der Waals surface area contributed by atoms with Gasteiger partial charge in [0.15, 0.2) is 0 Å². The van der Waals surface area contributed by atoms with Crippen LogP contribution in [0.25, 0.3) is 10.8 Å². The van der Waals surface area contributed by atoms with Crippen molar-refractivity contribution in [3.8, 4) is 0 Å². The van der Waals surface area contributed by atoms with Crippen molar-refractivity contribution >= 4 is 38.4 Å². The Hall–Kier alpha value is -2.99. The van der Waals surface area contributed by atoms with E-state index in [9.17, 15) is 28.2 Å². The van der Waals surface area contributed by atoms with Gasteiger partial charge in [0.2, 0.25) is 5.91 Å². The van der Waals surface area contributed by atoms with Crippen LogP contribution in [0.2, 0.25) is 0 Å². The highest BCUT2D eigenvalue weighted by molar-refractivity contribution is 7.93. The molecule has 2 aromatic rings. The first-order valence-corrected chi connectivity index (χ1v) is 18.2. The molecule has 10 nitrogen and oxygen atoms in total. The van der Waals surface area contributed by atoms with E-state index in [1.807, 2.05) is 18.2 Å². The van der Waals surface area contributed by atoms with Gasteiger partial charge in [0.1, 0.15) is 39.3 Å². The van der Waals surface area contributed by atoms with Crippen LogP contribution in [-0.2, 0) is 26.0 Å². The molecule has 1 saturated carbocycles. The number of sulfonamides is 1. The zero-order valence-electron chi connectivity index (χ0n) is 26.2. The van der Waals surface area contributed by atoms with Crippen molar-refractivity contribution in [1.29, 1.82) is 0 Å². The highest BCUT2D eigenvalue weighted by Gasteiger charge is 2.59. The number of carbonyl (C=O) groups excluding carboxylic acids is 2. The summed E-state index contributed by atoms with van der Waals surface area (Å²) in [5.41, 5.74) is 1.76. The molecule has 0 radical (unpaired) electrons. The van der Waals surface area contributed by atoms with E-state index >= 15 is 0 Å². The Labute approximate surface area is 264 Å². The summed E-state index contributed by atoms with van der Waals surface area (Å²) >= 11 is 0. The van der Waals surface area contributed by atoms with E-state index in [1.54, 1.807) is 19.1 Å². The highest BCUT2D eigenvalue weighted by atomic mass is 32.2. The number of carboxylic acid groups (broad SMARTS) is 1. The van der Waals surface area contributed by atoms with E-state index < -0.39 is 45.9 Å². The van der Waals surface area contributed by atoms with E-state index in [2.05, 4.69) is 0 Å². The SMILES string of the molecule is C[C@@H](O)[C@H]1C(=O)N2C(C(=O)[O-])=C(CN3c4cccc5c(CC[N+]67CC[N+](C8CCCC8)(CC6)CC7)ccc(c45)S3(=O)=O)[C@H](C)[C@H]12. The summed E-state index contributed by atoms with van der Waals surface area (Å²) in [5.74, 6) is -3.15. The number of nitrogens with zero attached hydrogens (tertiary/aromatic N) is 4. The van der Waals surface area contributed by atoms with Crippen molar-refractivity contribution in [2.24, 2.45) is 11.8 Å². The molecule has 1 amide bonds. The van der Waals surface area contributed by atoms with Gasteiger partial charge in [0, 0.05) is 17.7 Å². The Kier molecular flexibility index (Phi) is 6.54. The number of aliphatic carboxylic acids is 1. The maximum atomic E-state index is 14.0. The first-order chi connectivity index (χ1) is 21.5. The first-order valence-electron chi connectivity index (χ1n) is 16.7. The fourth-order valence-electron chi connectivity index (χ4n) is 10.1. The fourth-order valence-corrected chi connectivity index (χ4v) is 11.7. The monoisotopic (exact) mass is 635 g/mol. The third-order valence-electron chi connectivity index (χ3n) is 12.7. The molecule has 1 aliphatic carbocycles. The molecular formula is C34H43N4O6S+. The van der Waals surface area contributed by atoms with Crippen LogP contribution in [0.5, 0.6) is 0 Å². The number of amides is 1.